The van der Waals surface area contributed by atoms with Crippen molar-refractivity contribution in [2.24, 2.45) is 4.99 Å². The van der Waals surface area contributed by atoms with E-state index in [1.165, 1.54) is 5.69 Å². The SMILES string of the molecule is CCN(CC)c1ccc2cc3cc(/C=N/c4ccccc4)c(=O)oc3cc2c1. The summed E-state index contributed by atoms with van der Waals surface area (Å²) in [5, 5.41) is 3.06. The smallest absolute Gasteiger partial charge is 0.345 e. The number of benzene rings is 3. The number of para-hydroxylation sites is 1. The highest BCUT2D eigenvalue weighted by Gasteiger charge is 2.08. The summed E-state index contributed by atoms with van der Waals surface area (Å²) >= 11 is 0. The molecule has 4 aromatic rings. The lowest BCUT2D eigenvalue weighted by molar-refractivity contribution is 0.560. The van der Waals surface area contributed by atoms with Crippen molar-refractivity contribution in [2.45, 2.75) is 13.8 Å². The van der Waals surface area contributed by atoms with E-state index in [2.05, 4.69) is 48.0 Å². The van der Waals surface area contributed by atoms with E-state index in [0.29, 0.717) is 11.1 Å². The first-order valence-electron chi connectivity index (χ1n) is 9.53. The predicted octanol–water partition coefficient (Wildman–Crippen LogP) is 5.54. The molecule has 3 aromatic carbocycles. The molecule has 0 fully saturated rings. The summed E-state index contributed by atoms with van der Waals surface area (Å²) in [6.07, 6.45) is 1.56. The maximum Gasteiger partial charge on any atom is 0.345 e. The molecule has 0 N–H and O–H groups in total. The van der Waals surface area contributed by atoms with Gasteiger partial charge in [0.05, 0.1) is 11.3 Å². The second kappa shape index (κ2) is 7.69. The van der Waals surface area contributed by atoms with Crippen LogP contribution in [0.2, 0.25) is 0 Å². The number of fused-ring (bicyclic) bond motifs is 2. The van der Waals surface area contributed by atoms with Crippen molar-refractivity contribution in [3.63, 3.8) is 0 Å². The van der Waals surface area contributed by atoms with Crippen LogP contribution in [0, 0.1) is 0 Å². The van der Waals surface area contributed by atoms with Crippen LogP contribution in [0.1, 0.15) is 19.4 Å². The highest BCUT2D eigenvalue weighted by molar-refractivity contribution is 5.98. The molecule has 0 bridgehead atoms. The van der Waals surface area contributed by atoms with Gasteiger partial charge in [-0.3, -0.25) is 4.99 Å². The first kappa shape index (κ1) is 18.0. The van der Waals surface area contributed by atoms with E-state index < -0.39 is 0 Å². The van der Waals surface area contributed by atoms with Crippen LogP contribution in [-0.2, 0) is 0 Å². The number of hydrogen-bond donors (Lipinski definition) is 0. The monoisotopic (exact) mass is 370 g/mol. The van der Waals surface area contributed by atoms with Gasteiger partial charge in [0.1, 0.15) is 5.58 Å². The van der Waals surface area contributed by atoms with Crippen LogP contribution in [0.5, 0.6) is 0 Å². The molecule has 0 amide bonds. The summed E-state index contributed by atoms with van der Waals surface area (Å²) in [5.74, 6) is 0. The molecule has 0 atom stereocenters. The molecule has 4 heteroatoms. The molecule has 0 unspecified atom stereocenters. The molecule has 0 aliphatic heterocycles. The summed E-state index contributed by atoms with van der Waals surface area (Å²) in [5.41, 5.74) is 2.61. The Morgan fingerprint density at radius 2 is 1.68 bits per heavy atom. The summed E-state index contributed by atoms with van der Waals surface area (Å²) in [7, 11) is 0. The van der Waals surface area contributed by atoms with Crippen LogP contribution < -0.4 is 10.5 Å². The number of anilines is 1. The lowest BCUT2D eigenvalue weighted by Crippen LogP contribution is -2.21. The minimum Gasteiger partial charge on any atom is -0.422 e. The fourth-order valence-corrected chi connectivity index (χ4v) is 3.40. The predicted molar refractivity (Wildman–Crippen MR) is 117 cm³/mol. The van der Waals surface area contributed by atoms with E-state index in [-0.39, 0.29) is 5.63 Å². The minimum absolute atomic E-state index is 0.383. The van der Waals surface area contributed by atoms with Gasteiger partial charge in [0.2, 0.25) is 0 Å². The molecule has 1 aromatic heterocycles. The van der Waals surface area contributed by atoms with E-state index in [0.717, 1.165) is 34.9 Å². The van der Waals surface area contributed by atoms with E-state index in [9.17, 15) is 4.79 Å². The molecule has 0 aliphatic rings. The van der Waals surface area contributed by atoms with Gasteiger partial charge in [0.15, 0.2) is 0 Å². The Hall–Kier alpha value is -3.40. The topological polar surface area (TPSA) is 45.8 Å². The van der Waals surface area contributed by atoms with Crippen molar-refractivity contribution in [1.82, 2.24) is 0 Å². The maximum atomic E-state index is 12.4. The summed E-state index contributed by atoms with van der Waals surface area (Å²) < 4.78 is 5.58. The Bertz CT molecular complexity index is 1210. The average Bonchev–Trinajstić information content (AvgIpc) is 2.72. The van der Waals surface area contributed by atoms with Gasteiger partial charge in [-0.2, -0.15) is 0 Å². The quantitative estimate of drug-likeness (QED) is 0.263. The summed E-state index contributed by atoms with van der Waals surface area (Å²) in [6.45, 7) is 6.20. The lowest BCUT2D eigenvalue weighted by atomic mass is 10.1. The Morgan fingerprint density at radius 3 is 2.43 bits per heavy atom. The number of rotatable bonds is 5. The van der Waals surface area contributed by atoms with Crippen LogP contribution in [0.4, 0.5) is 11.4 Å². The average molecular weight is 370 g/mol. The van der Waals surface area contributed by atoms with Crippen LogP contribution >= 0.6 is 0 Å². The van der Waals surface area contributed by atoms with Gasteiger partial charge in [0.25, 0.3) is 0 Å². The third kappa shape index (κ3) is 3.54. The van der Waals surface area contributed by atoms with Crippen LogP contribution in [0.25, 0.3) is 21.7 Å². The van der Waals surface area contributed by atoms with Crippen LogP contribution in [0.3, 0.4) is 0 Å². The molecule has 0 aliphatic carbocycles. The Morgan fingerprint density at radius 1 is 0.893 bits per heavy atom. The first-order valence-corrected chi connectivity index (χ1v) is 9.53. The van der Waals surface area contributed by atoms with E-state index in [4.69, 9.17) is 4.42 Å². The molecule has 4 rings (SSSR count). The molecule has 28 heavy (non-hydrogen) atoms. The van der Waals surface area contributed by atoms with E-state index >= 15 is 0 Å². The molecule has 0 spiro atoms. The summed E-state index contributed by atoms with van der Waals surface area (Å²) in [4.78, 5) is 19.1. The normalized spacial score (nSPS) is 11.5. The van der Waals surface area contributed by atoms with Gasteiger partial charge in [-0.05, 0) is 67.1 Å². The zero-order valence-electron chi connectivity index (χ0n) is 16.1. The highest BCUT2D eigenvalue weighted by atomic mass is 16.4. The first-order chi connectivity index (χ1) is 13.7. The van der Waals surface area contributed by atoms with Crippen molar-refractivity contribution >= 4 is 39.3 Å². The Labute approximate surface area is 163 Å². The fraction of sp³-hybridized carbons (Fsp3) is 0.167. The standard InChI is InChI=1S/C24H22N2O2/c1-3-26(4-2)22-11-10-17-12-19-13-20(16-25-21-8-6-5-7-9-21)24(27)28-23(19)15-18(17)14-22/h5-16H,3-4H2,1-2H3/b25-16+. The molecular formula is C24H22N2O2. The summed E-state index contributed by atoms with van der Waals surface area (Å²) in [6, 6.07) is 21.8. The molecule has 4 nitrogen and oxygen atoms in total. The number of aliphatic imine (C=N–C) groups is 1. The third-order valence-corrected chi connectivity index (χ3v) is 4.94. The van der Waals surface area contributed by atoms with Crippen molar-refractivity contribution in [1.29, 1.82) is 0 Å². The van der Waals surface area contributed by atoms with Crippen molar-refractivity contribution < 1.29 is 4.42 Å². The van der Waals surface area contributed by atoms with Gasteiger partial charge in [-0.15, -0.1) is 0 Å². The van der Waals surface area contributed by atoms with E-state index in [1.807, 2.05) is 42.5 Å². The molecule has 140 valence electrons. The fourth-order valence-electron chi connectivity index (χ4n) is 3.40. The van der Waals surface area contributed by atoms with Gasteiger partial charge in [-0.25, -0.2) is 4.79 Å². The second-order valence-corrected chi connectivity index (χ2v) is 6.68. The minimum atomic E-state index is -0.383. The molecule has 0 radical (unpaired) electrons. The Kier molecular flexibility index (Phi) is 4.94. The molecule has 0 saturated heterocycles. The van der Waals surface area contributed by atoms with Crippen LogP contribution in [-0.4, -0.2) is 19.3 Å². The largest absolute Gasteiger partial charge is 0.422 e. The zero-order valence-corrected chi connectivity index (χ0v) is 16.1. The highest BCUT2D eigenvalue weighted by Crippen LogP contribution is 2.27. The van der Waals surface area contributed by atoms with E-state index in [1.54, 1.807) is 6.21 Å². The number of nitrogens with zero attached hydrogens (tertiary/aromatic N) is 2. The van der Waals surface area contributed by atoms with Crippen molar-refractivity contribution in [3.8, 4) is 0 Å². The molecular weight excluding hydrogens is 348 g/mol. The van der Waals surface area contributed by atoms with Gasteiger partial charge >= 0.3 is 5.63 Å². The molecule has 0 saturated carbocycles. The van der Waals surface area contributed by atoms with Crippen molar-refractivity contribution in [3.05, 3.63) is 82.7 Å². The maximum absolute atomic E-state index is 12.4. The van der Waals surface area contributed by atoms with Crippen molar-refractivity contribution in [2.75, 3.05) is 18.0 Å². The third-order valence-electron chi connectivity index (χ3n) is 4.94. The van der Waals surface area contributed by atoms with Gasteiger partial charge < -0.3 is 9.32 Å². The second-order valence-electron chi connectivity index (χ2n) is 6.68. The lowest BCUT2D eigenvalue weighted by Gasteiger charge is -2.21. The zero-order chi connectivity index (χ0) is 19.5. The van der Waals surface area contributed by atoms with Gasteiger partial charge in [0, 0.05) is 30.4 Å². The molecule has 1 heterocycles. The van der Waals surface area contributed by atoms with Gasteiger partial charge in [-0.1, -0.05) is 24.3 Å². The Balaban J connectivity index is 1.77. The number of hydrogen-bond acceptors (Lipinski definition) is 4. The van der Waals surface area contributed by atoms with Crippen LogP contribution in [0.15, 0.2) is 80.9 Å².